The highest BCUT2D eigenvalue weighted by molar-refractivity contribution is 7.99. The Balaban J connectivity index is 2.12. The molecule has 4 nitrogen and oxygen atoms in total. The van der Waals surface area contributed by atoms with Crippen LogP contribution in [0.3, 0.4) is 0 Å². The number of aliphatic hydroxyl groups excluding tert-OH is 1. The zero-order valence-corrected chi connectivity index (χ0v) is 9.96. The first-order valence-corrected chi connectivity index (χ1v) is 6.43. The van der Waals surface area contributed by atoms with Crippen LogP contribution in [-0.2, 0) is 9.53 Å². The first kappa shape index (κ1) is 12.8. The summed E-state index contributed by atoms with van der Waals surface area (Å²) < 4.78 is 5.18. The van der Waals surface area contributed by atoms with Gasteiger partial charge in [-0.3, -0.25) is 4.79 Å². The van der Waals surface area contributed by atoms with Gasteiger partial charge in [-0.25, -0.2) is 0 Å². The largest absolute Gasteiger partial charge is 0.396 e. The Kier molecular flexibility index (Phi) is 6.05. The quantitative estimate of drug-likeness (QED) is 0.737. The topological polar surface area (TPSA) is 49.8 Å². The van der Waals surface area contributed by atoms with Gasteiger partial charge in [-0.15, -0.1) is 0 Å². The summed E-state index contributed by atoms with van der Waals surface area (Å²) in [6, 6.07) is 0. The van der Waals surface area contributed by atoms with Gasteiger partial charge in [0, 0.05) is 19.7 Å². The third-order valence-electron chi connectivity index (χ3n) is 2.30. The average Bonchev–Trinajstić information content (AvgIpc) is 2.29. The number of hydrogen-bond acceptors (Lipinski definition) is 4. The molecule has 0 aromatic heterocycles. The fourth-order valence-corrected chi connectivity index (χ4v) is 2.29. The van der Waals surface area contributed by atoms with Crippen LogP contribution in [0.15, 0.2) is 0 Å². The Labute approximate surface area is 95.0 Å². The molecule has 1 heterocycles. The number of thioether (sulfide) groups is 1. The van der Waals surface area contributed by atoms with Crippen LogP contribution in [0.4, 0.5) is 0 Å². The van der Waals surface area contributed by atoms with E-state index >= 15 is 0 Å². The Bertz CT molecular complexity index is 195. The maximum atomic E-state index is 11.7. The fraction of sp³-hybridized carbons (Fsp3) is 0.900. The van der Waals surface area contributed by atoms with Crippen LogP contribution < -0.4 is 0 Å². The summed E-state index contributed by atoms with van der Waals surface area (Å²) in [7, 11) is 0. The van der Waals surface area contributed by atoms with Crippen molar-refractivity contribution in [1.82, 2.24) is 4.90 Å². The van der Waals surface area contributed by atoms with Crippen molar-refractivity contribution in [1.29, 1.82) is 0 Å². The van der Waals surface area contributed by atoms with E-state index in [-0.39, 0.29) is 18.4 Å². The van der Waals surface area contributed by atoms with Crippen LogP contribution in [0.25, 0.3) is 0 Å². The third-order valence-corrected chi connectivity index (χ3v) is 3.56. The number of hydrogen-bond donors (Lipinski definition) is 1. The van der Waals surface area contributed by atoms with E-state index in [0.717, 1.165) is 18.8 Å². The Morgan fingerprint density at radius 2 is 2.20 bits per heavy atom. The van der Waals surface area contributed by atoms with Crippen LogP contribution in [-0.4, -0.2) is 60.3 Å². The molecule has 1 fully saturated rings. The van der Waals surface area contributed by atoms with Crippen molar-refractivity contribution in [2.24, 2.45) is 5.92 Å². The average molecular weight is 233 g/mol. The lowest BCUT2D eigenvalue weighted by molar-refractivity contribution is -0.132. The van der Waals surface area contributed by atoms with Crippen LogP contribution in [0.1, 0.15) is 6.92 Å². The smallest absolute Gasteiger partial charge is 0.232 e. The molecule has 1 rings (SSSR count). The number of ether oxygens (including phenoxy) is 1. The number of aliphatic hydroxyl groups is 1. The van der Waals surface area contributed by atoms with Crippen LogP contribution >= 0.6 is 11.8 Å². The molecule has 1 amide bonds. The van der Waals surface area contributed by atoms with E-state index in [9.17, 15) is 4.79 Å². The molecule has 5 heteroatoms. The van der Waals surface area contributed by atoms with E-state index in [1.807, 2.05) is 11.8 Å². The van der Waals surface area contributed by atoms with E-state index in [1.165, 1.54) is 0 Å². The molecule has 1 unspecified atom stereocenters. The zero-order chi connectivity index (χ0) is 11.1. The van der Waals surface area contributed by atoms with Crippen molar-refractivity contribution >= 4 is 17.7 Å². The molecule has 1 atom stereocenters. The van der Waals surface area contributed by atoms with Crippen molar-refractivity contribution < 1.29 is 14.6 Å². The highest BCUT2D eigenvalue weighted by atomic mass is 32.2. The molecule has 0 radical (unpaired) electrons. The van der Waals surface area contributed by atoms with Gasteiger partial charge in [-0.2, -0.15) is 11.8 Å². The lowest BCUT2D eigenvalue weighted by atomic mass is 10.2. The third kappa shape index (κ3) is 4.86. The number of carbonyl (C=O) groups is 1. The van der Waals surface area contributed by atoms with Crippen molar-refractivity contribution in [3.8, 4) is 0 Å². The van der Waals surface area contributed by atoms with Crippen molar-refractivity contribution in [2.45, 2.75) is 6.92 Å². The van der Waals surface area contributed by atoms with Crippen LogP contribution in [0.5, 0.6) is 0 Å². The van der Waals surface area contributed by atoms with Gasteiger partial charge in [-0.1, -0.05) is 6.92 Å². The molecule has 0 bridgehead atoms. The summed E-state index contributed by atoms with van der Waals surface area (Å²) in [6.07, 6.45) is 0. The number of amides is 1. The molecule has 15 heavy (non-hydrogen) atoms. The van der Waals surface area contributed by atoms with Gasteiger partial charge in [0.05, 0.1) is 19.0 Å². The molecule has 1 aliphatic rings. The molecule has 0 aliphatic carbocycles. The maximum Gasteiger partial charge on any atom is 0.232 e. The number of rotatable bonds is 5. The Hall–Kier alpha value is -0.260. The van der Waals surface area contributed by atoms with Crippen molar-refractivity contribution in [3.05, 3.63) is 0 Å². The van der Waals surface area contributed by atoms with Crippen molar-refractivity contribution in [2.75, 3.05) is 44.4 Å². The first-order valence-electron chi connectivity index (χ1n) is 5.28. The SMILES string of the molecule is CC(CO)CSCC(=O)N1CCOCC1. The summed E-state index contributed by atoms with van der Waals surface area (Å²) >= 11 is 1.60. The molecule has 0 aromatic rings. The van der Waals surface area contributed by atoms with Crippen molar-refractivity contribution in [3.63, 3.8) is 0 Å². The van der Waals surface area contributed by atoms with Gasteiger partial charge in [0.2, 0.25) is 5.91 Å². The lowest BCUT2D eigenvalue weighted by Gasteiger charge is -2.26. The summed E-state index contributed by atoms with van der Waals surface area (Å²) in [5, 5.41) is 8.82. The molecule has 0 saturated carbocycles. The molecule has 88 valence electrons. The van der Waals surface area contributed by atoms with Gasteiger partial charge in [-0.05, 0) is 11.7 Å². The minimum absolute atomic E-state index is 0.188. The number of nitrogens with zero attached hydrogens (tertiary/aromatic N) is 1. The second kappa shape index (κ2) is 7.09. The van der Waals surface area contributed by atoms with Gasteiger partial charge in [0.25, 0.3) is 0 Å². The predicted octanol–water partition coefficient (Wildman–Crippen LogP) is 0.207. The van der Waals surface area contributed by atoms with E-state index in [2.05, 4.69) is 0 Å². The second-order valence-electron chi connectivity index (χ2n) is 3.80. The van der Waals surface area contributed by atoms with Crippen LogP contribution in [0.2, 0.25) is 0 Å². The molecule has 0 aromatic carbocycles. The summed E-state index contributed by atoms with van der Waals surface area (Å²) in [6.45, 7) is 4.92. The van der Waals surface area contributed by atoms with E-state index in [4.69, 9.17) is 9.84 Å². The Morgan fingerprint density at radius 1 is 1.53 bits per heavy atom. The van der Waals surface area contributed by atoms with Gasteiger partial charge in [0.15, 0.2) is 0 Å². The first-order chi connectivity index (χ1) is 7.24. The van der Waals surface area contributed by atoms with E-state index in [1.54, 1.807) is 11.8 Å². The molecular weight excluding hydrogens is 214 g/mol. The van der Waals surface area contributed by atoms with E-state index in [0.29, 0.717) is 19.0 Å². The molecule has 1 N–H and O–H groups in total. The van der Waals surface area contributed by atoms with Crippen LogP contribution in [0, 0.1) is 5.92 Å². The minimum atomic E-state index is 0.188. The summed E-state index contributed by atoms with van der Waals surface area (Å²) in [4.78, 5) is 13.5. The molecular formula is C10H19NO3S. The van der Waals surface area contributed by atoms with E-state index < -0.39 is 0 Å². The fourth-order valence-electron chi connectivity index (χ4n) is 1.30. The molecule has 0 spiro atoms. The Morgan fingerprint density at radius 3 is 2.80 bits per heavy atom. The number of morpholine rings is 1. The minimum Gasteiger partial charge on any atom is -0.396 e. The standard InChI is InChI=1S/C10H19NO3S/c1-9(6-12)7-15-8-10(13)11-2-4-14-5-3-11/h9,12H,2-8H2,1H3. The maximum absolute atomic E-state index is 11.7. The van der Waals surface area contributed by atoms with Gasteiger partial charge in [0.1, 0.15) is 0 Å². The monoisotopic (exact) mass is 233 g/mol. The lowest BCUT2D eigenvalue weighted by Crippen LogP contribution is -2.41. The van der Waals surface area contributed by atoms with Gasteiger partial charge < -0.3 is 14.7 Å². The summed E-state index contributed by atoms with van der Waals surface area (Å²) in [5.74, 6) is 1.82. The molecule has 1 saturated heterocycles. The normalized spacial score (nSPS) is 18.9. The van der Waals surface area contributed by atoms with Gasteiger partial charge >= 0.3 is 0 Å². The number of carbonyl (C=O) groups excluding carboxylic acids is 1. The molecule has 1 aliphatic heterocycles. The second-order valence-corrected chi connectivity index (χ2v) is 4.83. The summed E-state index contributed by atoms with van der Waals surface area (Å²) in [5.41, 5.74) is 0. The highest BCUT2D eigenvalue weighted by Crippen LogP contribution is 2.09. The predicted molar refractivity (Wildman–Crippen MR) is 61.0 cm³/mol. The highest BCUT2D eigenvalue weighted by Gasteiger charge is 2.16. The zero-order valence-electron chi connectivity index (χ0n) is 9.15.